The lowest BCUT2D eigenvalue weighted by Crippen LogP contribution is -2.37. The Bertz CT molecular complexity index is 741. The van der Waals surface area contributed by atoms with Gasteiger partial charge in [-0.15, -0.1) is 0 Å². The number of nitrogens with zero attached hydrogens (tertiary/aromatic N) is 2. The highest BCUT2D eigenvalue weighted by Crippen LogP contribution is 2.32. The van der Waals surface area contributed by atoms with Gasteiger partial charge in [0, 0.05) is 19.1 Å². The number of nitrogens with one attached hydrogen (secondary N) is 1. The summed E-state index contributed by atoms with van der Waals surface area (Å²) in [5.41, 5.74) is 0.441. The molecule has 1 aromatic carbocycles. The Kier molecular flexibility index (Phi) is 5.41. The molecule has 8 nitrogen and oxygen atoms in total. The van der Waals surface area contributed by atoms with Gasteiger partial charge < -0.3 is 19.3 Å². The number of hydrogen-bond donors (Lipinski definition) is 1. The topological polar surface area (TPSA) is 93.9 Å². The molecule has 0 saturated heterocycles. The summed E-state index contributed by atoms with van der Waals surface area (Å²) in [5, 5.41) is 6.26. The first-order valence-corrected chi connectivity index (χ1v) is 7.18. The van der Waals surface area contributed by atoms with Crippen LogP contribution in [0.3, 0.4) is 0 Å². The number of amides is 2. The fourth-order valence-electron chi connectivity index (χ4n) is 2.13. The molecule has 2 rings (SSSR count). The Morgan fingerprint density at radius 3 is 2.54 bits per heavy atom. The van der Waals surface area contributed by atoms with Crippen LogP contribution < -0.4 is 19.7 Å². The van der Waals surface area contributed by atoms with Gasteiger partial charge in [-0.1, -0.05) is 5.16 Å². The van der Waals surface area contributed by atoms with E-state index >= 15 is 0 Å². The zero-order valence-electron chi connectivity index (χ0n) is 14.0. The number of aromatic nitrogens is 1. The van der Waals surface area contributed by atoms with Crippen LogP contribution in [0.15, 0.2) is 28.8 Å². The summed E-state index contributed by atoms with van der Waals surface area (Å²) < 4.78 is 15.3. The van der Waals surface area contributed by atoms with Gasteiger partial charge in [0.15, 0.2) is 5.82 Å². The number of anilines is 2. The Hall–Kier alpha value is -3.03. The lowest BCUT2D eigenvalue weighted by molar-refractivity contribution is -0.120. The Morgan fingerprint density at radius 1 is 1.25 bits per heavy atom. The molecular formula is C16H19N3O5. The molecular weight excluding hydrogens is 314 g/mol. The fourth-order valence-corrected chi connectivity index (χ4v) is 2.13. The summed E-state index contributed by atoms with van der Waals surface area (Å²) in [6.45, 7) is 2.88. The minimum absolute atomic E-state index is 0.204. The molecule has 0 fully saturated rings. The number of ether oxygens (including phenoxy) is 2. The van der Waals surface area contributed by atoms with Crippen molar-refractivity contribution in [3.63, 3.8) is 0 Å². The predicted octanol–water partition coefficient (Wildman–Crippen LogP) is 1.99. The third-order valence-corrected chi connectivity index (χ3v) is 3.25. The highest BCUT2D eigenvalue weighted by molar-refractivity contribution is 6.02. The first kappa shape index (κ1) is 17.3. The van der Waals surface area contributed by atoms with E-state index in [2.05, 4.69) is 10.5 Å². The Labute approximate surface area is 139 Å². The second kappa shape index (κ2) is 7.49. The van der Waals surface area contributed by atoms with Gasteiger partial charge in [0.1, 0.15) is 23.8 Å². The first-order chi connectivity index (χ1) is 11.4. The molecule has 24 heavy (non-hydrogen) atoms. The van der Waals surface area contributed by atoms with E-state index in [0.717, 1.165) is 0 Å². The van der Waals surface area contributed by atoms with Crippen molar-refractivity contribution < 1.29 is 23.6 Å². The summed E-state index contributed by atoms with van der Waals surface area (Å²) in [4.78, 5) is 25.5. The van der Waals surface area contributed by atoms with Gasteiger partial charge in [0.25, 0.3) is 0 Å². The first-order valence-electron chi connectivity index (χ1n) is 7.18. The molecule has 2 aromatic rings. The largest absolute Gasteiger partial charge is 0.497 e. The molecule has 1 aromatic heterocycles. The second-order valence-electron chi connectivity index (χ2n) is 5.01. The van der Waals surface area contributed by atoms with Crippen LogP contribution in [-0.4, -0.2) is 37.7 Å². The molecule has 0 saturated carbocycles. The van der Waals surface area contributed by atoms with E-state index in [1.165, 1.54) is 26.0 Å². The number of carbonyl (C=O) groups is 2. The highest BCUT2D eigenvalue weighted by Gasteiger charge is 2.21. The van der Waals surface area contributed by atoms with Crippen molar-refractivity contribution in [3.05, 3.63) is 30.0 Å². The second-order valence-corrected chi connectivity index (χ2v) is 5.01. The zero-order chi connectivity index (χ0) is 17.7. The van der Waals surface area contributed by atoms with E-state index in [1.807, 2.05) is 0 Å². The molecule has 0 aliphatic heterocycles. The summed E-state index contributed by atoms with van der Waals surface area (Å²) in [5.74, 6) is 1.14. The van der Waals surface area contributed by atoms with Gasteiger partial charge >= 0.3 is 0 Å². The molecule has 0 unspecified atom stereocenters. The maximum absolute atomic E-state index is 12.2. The van der Waals surface area contributed by atoms with Crippen molar-refractivity contribution in [2.45, 2.75) is 13.8 Å². The van der Waals surface area contributed by atoms with Crippen LogP contribution in [0.2, 0.25) is 0 Å². The van der Waals surface area contributed by atoms with E-state index in [4.69, 9.17) is 14.0 Å². The number of carbonyl (C=O) groups excluding carboxylic acids is 2. The van der Waals surface area contributed by atoms with Gasteiger partial charge in [-0.05, 0) is 19.1 Å². The van der Waals surface area contributed by atoms with Crippen molar-refractivity contribution in [1.82, 2.24) is 5.16 Å². The summed E-state index contributed by atoms with van der Waals surface area (Å²) in [6.07, 6.45) is 0. The monoisotopic (exact) mass is 333 g/mol. The molecule has 0 aliphatic rings. The maximum Gasteiger partial charge on any atom is 0.245 e. The lowest BCUT2D eigenvalue weighted by atomic mass is 10.2. The van der Waals surface area contributed by atoms with Gasteiger partial charge in [-0.25, -0.2) is 0 Å². The molecule has 8 heteroatoms. The van der Waals surface area contributed by atoms with Crippen molar-refractivity contribution in [1.29, 1.82) is 0 Å². The average Bonchev–Trinajstić information content (AvgIpc) is 2.96. The number of benzene rings is 1. The molecule has 0 atom stereocenters. The number of rotatable bonds is 6. The number of methoxy groups -OCH3 is 2. The summed E-state index contributed by atoms with van der Waals surface area (Å²) in [6, 6.07) is 6.60. The highest BCUT2D eigenvalue weighted by atomic mass is 16.5. The summed E-state index contributed by atoms with van der Waals surface area (Å²) in [7, 11) is 3.01. The number of hydrogen-bond acceptors (Lipinski definition) is 6. The van der Waals surface area contributed by atoms with E-state index < -0.39 is 5.91 Å². The Balaban J connectivity index is 2.23. The summed E-state index contributed by atoms with van der Waals surface area (Å²) >= 11 is 0. The molecule has 128 valence electrons. The van der Waals surface area contributed by atoms with E-state index in [9.17, 15) is 9.59 Å². The van der Waals surface area contributed by atoms with Crippen LogP contribution in [-0.2, 0) is 9.59 Å². The minimum atomic E-state index is -0.414. The van der Waals surface area contributed by atoms with Crippen molar-refractivity contribution in [2.24, 2.45) is 0 Å². The van der Waals surface area contributed by atoms with Crippen LogP contribution in [0, 0.1) is 6.92 Å². The molecule has 0 bridgehead atoms. The van der Waals surface area contributed by atoms with Crippen LogP contribution in [0.1, 0.15) is 12.7 Å². The molecule has 0 aliphatic carbocycles. The van der Waals surface area contributed by atoms with Crippen molar-refractivity contribution >= 4 is 23.3 Å². The standard InChI is InChI=1S/C16H19N3O5/c1-10-7-15(18-24-10)17-16(21)9-19(11(2)20)13-8-12(22-3)5-6-14(13)23-4/h5-8H,9H2,1-4H3,(H,17,18,21). The van der Waals surface area contributed by atoms with Crippen LogP contribution in [0.5, 0.6) is 11.5 Å². The van der Waals surface area contributed by atoms with Crippen LogP contribution in [0.4, 0.5) is 11.5 Å². The van der Waals surface area contributed by atoms with Gasteiger partial charge in [0.05, 0.1) is 19.9 Å². The zero-order valence-corrected chi connectivity index (χ0v) is 14.0. The molecule has 1 N–H and O–H groups in total. The quantitative estimate of drug-likeness (QED) is 0.869. The third kappa shape index (κ3) is 4.03. The normalized spacial score (nSPS) is 10.2. The minimum Gasteiger partial charge on any atom is -0.497 e. The van der Waals surface area contributed by atoms with Crippen LogP contribution in [0.25, 0.3) is 0 Å². The van der Waals surface area contributed by atoms with E-state index in [1.54, 1.807) is 31.2 Å². The fraction of sp³-hybridized carbons (Fsp3) is 0.312. The van der Waals surface area contributed by atoms with Crippen molar-refractivity contribution in [2.75, 3.05) is 31.0 Å². The maximum atomic E-state index is 12.2. The van der Waals surface area contributed by atoms with Gasteiger partial charge in [-0.2, -0.15) is 0 Å². The van der Waals surface area contributed by atoms with Crippen LogP contribution >= 0.6 is 0 Å². The SMILES string of the molecule is COc1ccc(OC)c(N(CC(=O)Nc2cc(C)on2)C(C)=O)c1. The molecule has 2 amide bonds. The Morgan fingerprint density at radius 2 is 2.00 bits per heavy atom. The van der Waals surface area contributed by atoms with Gasteiger partial charge in [-0.3, -0.25) is 14.5 Å². The van der Waals surface area contributed by atoms with E-state index in [0.29, 0.717) is 28.8 Å². The molecule has 1 heterocycles. The lowest BCUT2D eigenvalue weighted by Gasteiger charge is -2.23. The molecule has 0 radical (unpaired) electrons. The predicted molar refractivity (Wildman–Crippen MR) is 87.4 cm³/mol. The van der Waals surface area contributed by atoms with Gasteiger partial charge in [0.2, 0.25) is 11.8 Å². The number of aryl methyl sites for hydroxylation is 1. The third-order valence-electron chi connectivity index (χ3n) is 3.25. The molecule has 0 spiro atoms. The smallest absolute Gasteiger partial charge is 0.245 e. The van der Waals surface area contributed by atoms with E-state index in [-0.39, 0.29) is 12.5 Å². The average molecular weight is 333 g/mol. The van der Waals surface area contributed by atoms with Crippen molar-refractivity contribution in [3.8, 4) is 11.5 Å².